The van der Waals surface area contributed by atoms with Crippen LogP contribution >= 0.6 is 0 Å². The summed E-state index contributed by atoms with van der Waals surface area (Å²) in [6.07, 6.45) is 0. The van der Waals surface area contributed by atoms with Crippen LogP contribution in [0.1, 0.15) is 31.8 Å². The Bertz CT molecular complexity index is 822. The van der Waals surface area contributed by atoms with E-state index in [0.717, 1.165) is 16.0 Å². The Labute approximate surface area is 126 Å². The van der Waals surface area contributed by atoms with Crippen molar-refractivity contribution in [2.75, 3.05) is 4.90 Å². The van der Waals surface area contributed by atoms with Crippen LogP contribution in [0.25, 0.3) is 0 Å². The molecule has 0 saturated carbocycles. The minimum atomic E-state index is -0.655. The van der Waals surface area contributed by atoms with Gasteiger partial charge in [0.15, 0.2) is 0 Å². The maximum Gasteiger partial charge on any atom is 0.283 e. The van der Waals surface area contributed by atoms with Gasteiger partial charge < -0.3 is 0 Å². The molecule has 0 fully saturated rings. The Morgan fingerprint density at radius 1 is 1.00 bits per heavy atom. The lowest BCUT2D eigenvalue weighted by Gasteiger charge is -2.15. The number of anilines is 1. The molecule has 2 amide bonds. The highest BCUT2D eigenvalue weighted by Crippen LogP contribution is 2.34. The summed E-state index contributed by atoms with van der Waals surface area (Å²) in [6, 6.07) is 9.42. The van der Waals surface area contributed by atoms with Crippen LogP contribution in [-0.2, 0) is 0 Å². The fourth-order valence-corrected chi connectivity index (χ4v) is 2.73. The lowest BCUT2D eigenvalue weighted by atomic mass is 10.1. The molecule has 22 heavy (non-hydrogen) atoms. The average molecular weight is 296 g/mol. The summed E-state index contributed by atoms with van der Waals surface area (Å²) < 4.78 is 0. The highest BCUT2D eigenvalue weighted by atomic mass is 16.6. The van der Waals surface area contributed by atoms with Gasteiger partial charge in [0.05, 0.1) is 16.2 Å². The van der Waals surface area contributed by atoms with Crippen molar-refractivity contribution >= 4 is 23.2 Å². The Balaban J connectivity index is 2.18. The van der Waals surface area contributed by atoms with Gasteiger partial charge in [0.25, 0.3) is 17.5 Å². The predicted octanol–water partition coefficient (Wildman–Crippen LogP) is 3.01. The van der Waals surface area contributed by atoms with E-state index in [1.807, 2.05) is 19.9 Å². The third kappa shape index (κ3) is 1.96. The molecule has 1 heterocycles. The summed E-state index contributed by atoms with van der Waals surface area (Å²) in [6.45, 7) is 3.72. The number of nitrogens with zero attached hydrogens (tertiary/aromatic N) is 2. The third-order valence-corrected chi connectivity index (χ3v) is 3.55. The first-order chi connectivity index (χ1) is 10.4. The molecule has 6 heteroatoms. The zero-order valence-electron chi connectivity index (χ0n) is 12.0. The fraction of sp³-hybridized carbons (Fsp3) is 0.125. The molecule has 1 aliphatic rings. The lowest BCUT2D eigenvalue weighted by molar-refractivity contribution is -0.385. The van der Waals surface area contributed by atoms with Crippen molar-refractivity contribution in [3.05, 3.63) is 68.8 Å². The van der Waals surface area contributed by atoms with Gasteiger partial charge in [0, 0.05) is 6.07 Å². The van der Waals surface area contributed by atoms with Crippen LogP contribution in [0.5, 0.6) is 0 Å². The number of benzene rings is 2. The normalized spacial score (nSPS) is 13.5. The van der Waals surface area contributed by atoms with Crippen molar-refractivity contribution in [3.8, 4) is 0 Å². The Kier molecular flexibility index (Phi) is 3.02. The molecule has 0 unspecified atom stereocenters. The van der Waals surface area contributed by atoms with Crippen LogP contribution in [0.2, 0.25) is 0 Å². The van der Waals surface area contributed by atoms with E-state index in [1.165, 1.54) is 18.2 Å². The molecule has 0 aliphatic carbocycles. The Morgan fingerprint density at radius 3 is 2.23 bits per heavy atom. The van der Waals surface area contributed by atoms with E-state index in [2.05, 4.69) is 0 Å². The average Bonchev–Trinajstić information content (AvgIpc) is 2.70. The van der Waals surface area contributed by atoms with Crippen LogP contribution in [0.3, 0.4) is 0 Å². The van der Waals surface area contributed by atoms with Crippen LogP contribution in [0.15, 0.2) is 36.4 Å². The highest BCUT2D eigenvalue weighted by Gasteiger charge is 2.41. The van der Waals surface area contributed by atoms with E-state index in [4.69, 9.17) is 0 Å². The van der Waals surface area contributed by atoms with Gasteiger partial charge in [-0.05, 0) is 43.2 Å². The molecule has 0 aromatic heterocycles. The van der Waals surface area contributed by atoms with Crippen molar-refractivity contribution in [3.63, 3.8) is 0 Å². The zero-order valence-corrected chi connectivity index (χ0v) is 12.0. The Hall–Kier alpha value is -3.02. The molecule has 110 valence electrons. The number of carbonyl (C=O) groups excluding carboxylic acids is 2. The number of hydrogen-bond acceptors (Lipinski definition) is 4. The van der Waals surface area contributed by atoms with Gasteiger partial charge in [-0.2, -0.15) is 0 Å². The number of aryl methyl sites for hydroxylation is 2. The van der Waals surface area contributed by atoms with Gasteiger partial charge in [-0.1, -0.05) is 12.1 Å². The summed E-state index contributed by atoms with van der Waals surface area (Å²) in [5.74, 6) is -1.19. The molecule has 0 atom stereocenters. The molecule has 0 N–H and O–H groups in total. The number of nitro benzene ring substituents is 1. The van der Waals surface area contributed by atoms with Gasteiger partial charge >= 0.3 is 0 Å². The maximum absolute atomic E-state index is 12.6. The fourth-order valence-electron chi connectivity index (χ4n) is 2.73. The number of nitro groups is 1. The highest BCUT2D eigenvalue weighted by molar-refractivity contribution is 6.35. The van der Waals surface area contributed by atoms with E-state index < -0.39 is 16.7 Å². The van der Waals surface area contributed by atoms with Gasteiger partial charge in [0.1, 0.15) is 5.56 Å². The molecule has 0 bridgehead atoms. The second-order valence-corrected chi connectivity index (χ2v) is 5.25. The SMILES string of the molecule is Cc1cc(C)cc(N2C(=O)c3cccc([N+](=O)[O-])c3C2=O)c1. The summed E-state index contributed by atoms with van der Waals surface area (Å²) >= 11 is 0. The van der Waals surface area contributed by atoms with E-state index in [-0.39, 0.29) is 16.8 Å². The van der Waals surface area contributed by atoms with Crippen molar-refractivity contribution in [1.29, 1.82) is 0 Å². The zero-order chi connectivity index (χ0) is 16.0. The lowest BCUT2D eigenvalue weighted by Crippen LogP contribution is -2.29. The molecular weight excluding hydrogens is 284 g/mol. The first-order valence-corrected chi connectivity index (χ1v) is 6.64. The molecule has 6 nitrogen and oxygen atoms in total. The largest absolute Gasteiger partial charge is 0.283 e. The van der Waals surface area contributed by atoms with Gasteiger partial charge in [-0.15, -0.1) is 0 Å². The minimum absolute atomic E-state index is 0.0679. The molecular formula is C16H12N2O4. The molecule has 0 radical (unpaired) electrons. The second-order valence-electron chi connectivity index (χ2n) is 5.25. The molecule has 2 aromatic carbocycles. The van der Waals surface area contributed by atoms with E-state index in [9.17, 15) is 19.7 Å². The van der Waals surface area contributed by atoms with Crippen LogP contribution in [-0.4, -0.2) is 16.7 Å². The second kappa shape index (κ2) is 4.77. The summed E-state index contributed by atoms with van der Waals surface area (Å²) in [5.41, 5.74) is 1.82. The first-order valence-electron chi connectivity index (χ1n) is 6.64. The number of hydrogen-bond donors (Lipinski definition) is 0. The van der Waals surface area contributed by atoms with Gasteiger partial charge in [-0.3, -0.25) is 19.7 Å². The van der Waals surface area contributed by atoms with E-state index >= 15 is 0 Å². The molecule has 0 saturated heterocycles. The maximum atomic E-state index is 12.6. The van der Waals surface area contributed by atoms with Crippen LogP contribution < -0.4 is 4.90 Å². The monoisotopic (exact) mass is 296 g/mol. The number of carbonyl (C=O) groups is 2. The summed E-state index contributed by atoms with van der Waals surface area (Å²) in [7, 11) is 0. The van der Waals surface area contributed by atoms with Crippen LogP contribution in [0.4, 0.5) is 11.4 Å². The number of rotatable bonds is 2. The van der Waals surface area contributed by atoms with Gasteiger partial charge in [-0.25, -0.2) is 4.90 Å². The summed E-state index contributed by atoms with van der Waals surface area (Å²) in [5, 5.41) is 11.1. The van der Waals surface area contributed by atoms with Crippen molar-refractivity contribution in [2.24, 2.45) is 0 Å². The third-order valence-electron chi connectivity index (χ3n) is 3.55. The molecule has 0 spiro atoms. The van der Waals surface area contributed by atoms with Crippen molar-refractivity contribution in [2.45, 2.75) is 13.8 Å². The van der Waals surface area contributed by atoms with Crippen molar-refractivity contribution < 1.29 is 14.5 Å². The minimum Gasteiger partial charge on any atom is -0.268 e. The number of amides is 2. The predicted molar refractivity (Wildman–Crippen MR) is 80.2 cm³/mol. The number of imide groups is 1. The first kappa shape index (κ1) is 13.9. The van der Waals surface area contributed by atoms with Crippen molar-refractivity contribution in [1.82, 2.24) is 0 Å². The standard InChI is InChI=1S/C16H12N2O4/c1-9-6-10(2)8-11(7-9)17-15(19)12-4-3-5-13(18(21)22)14(12)16(17)20/h3-8H,1-2H3. The van der Waals surface area contributed by atoms with E-state index in [1.54, 1.807) is 12.1 Å². The van der Waals surface area contributed by atoms with E-state index in [0.29, 0.717) is 5.69 Å². The topological polar surface area (TPSA) is 80.5 Å². The molecule has 3 rings (SSSR count). The Morgan fingerprint density at radius 2 is 1.64 bits per heavy atom. The summed E-state index contributed by atoms with van der Waals surface area (Å²) in [4.78, 5) is 36.5. The number of fused-ring (bicyclic) bond motifs is 1. The quantitative estimate of drug-likeness (QED) is 0.484. The van der Waals surface area contributed by atoms with Crippen LogP contribution in [0, 0.1) is 24.0 Å². The molecule has 1 aliphatic heterocycles. The van der Waals surface area contributed by atoms with Gasteiger partial charge in [0.2, 0.25) is 0 Å². The molecule has 2 aromatic rings. The smallest absolute Gasteiger partial charge is 0.268 e.